The second-order valence-corrected chi connectivity index (χ2v) is 7.78. The van der Waals surface area contributed by atoms with Gasteiger partial charge in [0.1, 0.15) is 23.6 Å². The van der Waals surface area contributed by atoms with E-state index in [0.717, 1.165) is 16.2 Å². The van der Waals surface area contributed by atoms with Crippen LogP contribution in [0.5, 0.6) is 11.5 Å². The van der Waals surface area contributed by atoms with E-state index in [1.807, 2.05) is 19.1 Å². The fourth-order valence-corrected chi connectivity index (χ4v) is 3.62. The topological polar surface area (TPSA) is 101 Å². The van der Waals surface area contributed by atoms with Crippen LogP contribution in [0.2, 0.25) is 0 Å². The highest BCUT2D eigenvalue weighted by Crippen LogP contribution is 2.34. The number of furan rings is 1. The van der Waals surface area contributed by atoms with Crippen LogP contribution in [-0.4, -0.2) is 53.6 Å². The summed E-state index contributed by atoms with van der Waals surface area (Å²) in [6.45, 7) is 3.55. The zero-order chi connectivity index (χ0) is 21.5. The number of nitrogens with one attached hydrogen (secondary N) is 1. The average molecular weight is 413 g/mol. The van der Waals surface area contributed by atoms with Gasteiger partial charge in [-0.1, -0.05) is 6.07 Å². The fraction of sp³-hybridized carbons (Fsp3) is 0.381. The number of hydrogen-bond donors (Lipinski definition) is 1. The summed E-state index contributed by atoms with van der Waals surface area (Å²) in [5, 5.41) is 2.72. The summed E-state index contributed by atoms with van der Waals surface area (Å²) in [6, 6.07) is 8.40. The lowest BCUT2D eigenvalue weighted by Gasteiger charge is -2.23. The van der Waals surface area contributed by atoms with Gasteiger partial charge in [0.15, 0.2) is 11.5 Å². The first-order valence-corrected chi connectivity index (χ1v) is 9.57. The molecule has 3 heterocycles. The minimum Gasteiger partial charge on any atom is -0.464 e. The molecule has 4 rings (SSSR count). The normalized spacial score (nSPS) is 19.9. The number of amides is 4. The lowest BCUT2D eigenvalue weighted by Crippen LogP contribution is -2.47. The number of rotatable bonds is 6. The maximum absolute atomic E-state index is 13.0. The van der Waals surface area contributed by atoms with Crippen molar-refractivity contribution in [2.45, 2.75) is 32.4 Å². The first-order chi connectivity index (χ1) is 14.2. The van der Waals surface area contributed by atoms with Gasteiger partial charge in [-0.15, -0.1) is 0 Å². The minimum absolute atomic E-state index is 0.159. The molecule has 0 aliphatic carbocycles. The summed E-state index contributed by atoms with van der Waals surface area (Å²) in [7, 11) is 1.60. The number of urea groups is 1. The van der Waals surface area contributed by atoms with Gasteiger partial charge in [0.05, 0.1) is 6.54 Å². The number of nitrogens with zero attached hydrogens (tertiary/aromatic N) is 2. The Balaban J connectivity index is 1.42. The van der Waals surface area contributed by atoms with Gasteiger partial charge in [-0.25, -0.2) is 4.79 Å². The Kier molecular flexibility index (Phi) is 4.89. The SMILES string of the molecule is Cc1ccc(CN(C)C(=O)CN2C(=O)N[C@](C)(Cc3ccc4c(c3)OCO4)C2=O)o1. The van der Waals surface area contributed by atoms with Crippen molar-refractivity contribution in [3.05, 3.63) is 47.4 Å². The van der Waals surface area contributed by atoms with Crippen LogP contribution in [0, 0.1) is 6.92 Å². The van der Waals surface area contributed by atoms with Crippen molar-refractivity contribution in [1.82, 2.24) is 15.1 Å². The van der Waals surface area contributed by atoms with Gasteiger partial charge in [0.2, 0.25) is 12.7 Å². The third-order valence-corrected chi connectivity index (χ3v) is 5.25. The highest BCUT2D eigenvalue weighted by molar-refractivity contribution is 6.08. The smallest absolute Gasteiger partial charge is 0.325 e. The first-order valence-electron chi connectivity index (χ1n) is 9.57. The number of fused-ring (bicyclic) bond motifs is 1. The minimum atomic E-state index is -1.15. The molecule has 1 aromatic carbocycles. The molecule has 0 radical (unpaired) electrons. The molecule has 0 saturated carbocycles. The molecule has 9 nitrogen and oxygen atoms in total. The van der Waals surface area contributed by atoms with E-state index in [4.69, 9.17) is 13.9 Å². The van der Waals surface area contributed by atoms with Gasteiger partial charge in [0, 0.05) is 13.5 Å². The van der Waals surface area contributed by atoms with Crippen molar-refractivity contribution >= 4 is 17.8 Å². The molecule has 0 bridgehead atoms. The molecule has 1 N–H and O–H groups in total. The molecule has 2 aliphatic rings. The summed E-state index contributed by atoms with van der Waals surface area (Å²) >= 11 is 0. The number of aryl methyl sites for hydroxylation is 1. The van der Waals surface area contributed by atoms with E-state index < -0.39 is 17.5 Å². The van der Waals surface area contributed by atoms with Crippen LogP contribution in [-0.2, 0) is 22.6 Å². The number of likely N-dealkylation sites (N-methyl/N-ethyl adjacent to an activating group) is 1. The van der Waals surface area contributed by atoms with Gasteiger partial charge in [-0.2, -0.15) is 0 Å². The quantitative estimate of drug-likeness (QED) is 0.725. The lowest BCUT2D eigenvalue weighted by molar-refractivity contribution is -0.138. The molecule has 30 heavy (non-hydrogen) atoms. The molecule has 1 fully saturated rings. The number of hydrogen-bond acceptors (Lipinski definition) is 6. The van der Waals surface area contributed by atoms with Crippen molar-refractivity contribution in [3.63, 3.8) is 0 Å². The van der Waals surface area contributed by atoms with E-state index in [2.05, 4.69) is 5.32 Å². The fourth-order valence-electron chi connectivity index (χ4n) is 3.62. The number of carbonyl (C=O) groups is 3. The van der Waals surface area contributed by atoms with Crippen LogP contribution in [0.1, 0.15) is 24.0 Å². The van der Waals surface area contributed by atoms with Gasteiger partial charge < -0.3 is 24.1 Å². The van der Waals surface area contributed by atoms with Crippen LogP contribution in [0.15, 0.2) is 34.7 Å². The number of imide groups is 1. The monoisotopic (exact) mass is 413 g/mol. The number of benzene rings is 1. The second kappa shape index (κ2) is 7.40. The largest absolute Gasteiger partial charge is 0.464 e. The summed E-state index contributed by atoms with van der Waals surface area (Å²) in [5.74, 6) is 1.83. The van der Waals surface area contributed by atoms with Crippen molar-refractivity contribution in [2.24, 2.45) is 0 Å². The van der Waals surface area contributed by atoms with E-state index >= 15 is 0 Å². The number of carbonyl (C=O) groups excluding carboxylic acids is 3. The average Bonchev–Trinajstić information content (AvgIpc) is 3.37. The molecular formula is C21H23N3O6. The Labute approximate surface area is 173 Å². The van der Waals surface area contributed by atoms with E-state index in [0.29, 0.717) is 17.3 Å². The predicted molar refractivity (Wildman–Crippen MR) is 105 cm³/mol. The van der Waals surface area contributed by atoms with Crippen molar-refractivity contribution in [3.8, 4) is 11.5 Å². The predicted octanol–water partition coefficient (Wildman–Crippen LogP) is 1.83. The maximum atomic E-state index is 13.0. The van der Waals surface area contributed by atoms with Gasteiger partial charge in [0.25, 0.3) is 5.91 Å². The molecule has 4 amide bonds. The second-order valence-electron chi connectivity index (χ2n) is 7.78. The van der Waals surface area contributed by atoms with E-state index in [9.17, 15) is 14.4 Å². The zero-order valence-corrected chi connectivity index (χ0v) is 17.1. The van der Waals surface area contributed by atoms with Crippen molar-refractivity contribution < 1.29 is 28.3 Å². The Bertz CT molecular complexity index is 1020. The van der Waals surface area contributed by atoms with Crippen LogP contribution < -0.4 is 14.8 Å². The zero-order valence-electron chi connectivity index (χ0n) is 17.1. The Morgan fingerprint density at radius 3 is 2.70 bits per heavy atom. The van der Waals surface area contributed by atoms with Crippen molar-refractivity contribution in [1.29, 1.82) is 0 Å². The highest BCUT2D eigenvalue weighted by Gasteiger charge is 2.48. The lowest BCUT2D eigenvalue weighted by atomic mass is 9.92. The van der Waals surface area contributed by atoms with Gasteiger partial charge in [-0.3, -0.25) is 14.5 Å². The third kappa shape index (κ3) is 3.70. The first kappa shape index (κ1) is 19.8. The summed E-state index contributed by atoms with van der Waals surface area (Å²) in [5.41, 5.74) is -0.337. The molecule has 2 aliphatic heterocycles. The van der Waals surface area contributed by atoms with Gasteiger partial charge in [-0.05, 0) is 43.7 Å². The Morgan fingerprint density at radius 1 is 1.20 bits per heavy atom. The molecular weight excluding hydrogens is 390 g/mol. The molecule has 1 saturated heterocycles. The van der Waals surface area contributed by atoms with Crippen LogP contribution in [0.25, 0.3) is 0 Å². The molecule has 1 atom stereocenters. The Hall–Kier alpha value is -3.49. The number of ether oxygens (including phenoxy) is 2. The summed E-state index contributed by atoms with van der Waals surface area (Å²) in [4.78, 5) is 40.4. The van der Waals surface area contributed by atoms with E-state index in [1.165, 1.54) is 4.90 Å². The molecule has 9 heteroatoms. The van der Waals surface area contributed by atoms with Crippen LogP contribution in [0.3, 0.4) is 0 Å². The standard InChI is InChI=1S/C21H23N3O6/c1-13-4-6-15(30-13)10-23(3)18(25)11-24-19(26)21(2,22-20(24)27)9-14-5-7-16-17(8-14)29-12-28-16/h4-8H,9-12H2,1-3H3,(H,22,27)/t21-/m1/s1. The molecule has 0 spiro atoms. The molecule has 158 valence electrons. The van der Waals surface area contributed by atoms with E-state index in [1.54, 1.807) is 32.2 Å². The summed E-state index contributed by atoms with van der Waals surface area (Å²) < 4.78 is 16.1. The molecule has 2 aromatic rings. The third-order valence-electron chi connectivity index (χ3n) is 5.25. The molecule has 0 unspecified atom stereocenters. The molecule has 1 aromatic heterocycles. The van der Waals surface area contributed by atoms with Crippen molar-refractivity contribution in [2.75, 3.05) is 20.4 Å². The maximum Gasteiger partial charge on any atom is 0.325 e. The van der Waals surface area contributed by atoms with E-state index in [-0.39, 0.29) is 32.2 Å². The Morgan fingerprint density at radius 2 is 1.97 bits per heavy atom. The van der Waals surface area contributed by atoms with Crippen LogP contribution in [0.4, 0.5) is 4.79 Å². The van der Waals surface area contributed by atoms with Gasteiger partial charge >= 0.3 is 6.03 Å². The summed E-state index contributed by atoms with van der Waals surface area (Å²) in [6.07, 6.45) is 0.264. The highest BCUT2D eigenvalue weighted by atomic mass is 16.7. The van der Waals surface area contributed by atoms with Crippen LogP contribution >= 0.6 is 0 Å².